The molecule has 10 nitrogen and oxygen atoms in total. The zero-order valence-corrected chi connectivity index (χ0v) is 21.6. The van der Waals surface area contributed by atoms with Crippen LogP contribution in [0.25, 0.3) is 0 Å². The number of esters is 2. The number of rotatable bonds is 14. The van der Waals surface area contributed by atoms with Crippen molar-refractivity contribution in [1.29, 1.82) is 10.5 Å². The van der Waals surface area contributed by atoms with Crippen LogP contribution in [0.4, 0.5) is 0 Å². The minimum atomic E-state index is -1.36. The summed E-state index contributed by atoms with van der Waals surface area (Å²) in [5, 5.41) is 45.5. The van der Waals surface area contributed by atoms with E-state index in [9.17, 15) is 20.1 Å². The second-order valence-electron chi connectivity index (χ2n) is 9.24. The van der Waals surface area contributed by atoms with Crippen molar-refractivity contribution in [1.82, 2.24) is 0 Å². The van der Waals surface area contributed by atoms with Crippen LogP contribution < -0.4 is 0 Å². The van der Waals surface area contributed by atoms with Gasteiger partial charge in [-0.25, -0.2) is 0 Å². The predicted octanol–water partition coefficient (Wildman–Crippen LogP) is 4.03. The number of benzene rings is 2. The Labute approximate surface area is 222 Å². The Kier molecular flexibility index (Phi) is 11.5. The molecule has 0 aliphatic rings. The van der Waals surface area contributed by atoms with Gasteiger partial charge in [-0.2, -0.15) is 20.8 Å². The molecule has 0 aliphatic heterocycles. The molecule has 0 aliphatic carbocycles. The maximum absolute atomic E-state index is 12.2. The molecule has 0 saturated carbocycles. The fraction of sp³-hybridized carbons (Fsp3) is 0.429. The fourth-order valence-electron chi connectivity index (χ4n) is 3.12. The highest BCUT2D eigenvalue weighted by Gasteiger charge is 2.30. The van der Waals surface area contributed by atoms with E-state index >= 15 is 0 Å². The molecule has 0 heterocycles. The first-order chi connectivity index (χ1) is 18.1. The minimum Gasteiger partial charge on any atom is -0.461 e. The quantitative estimate of drug-likeness (QED) is 0.278. The fourth-order valence-corrected chi connectivity index (χ4v) is 3.12. The average molecular weight is 521 g/mol. The van der Waals surface area contributed by atoms with Crippen molar-refractivity contribution in [2.75, 3.05) is 0 Å². The molecule has 2 aromatic rings. The van der Waals surface area contributed by atoms with E-state index in [2.05, 4.69) is 10.2 Å². The van der Waals surface area contributed by atoms with Crippen molar-refractivity contribution in [3.8, 4) is 12.1 Å². The molecule has 2 atom stereocenters. The molecule has 2 unspecified atom stereocenters. The van der Waals surface area contributed by atoms with Crippen molar-refractivity contribution in [3.05, 3.63) is 70.8 Å². The van der Waals surface area contributed by atoms with Crippen LogP contribution in [0.3, 0.4) is 0 Å². The number of azo groups is 1. The number of hydrogen-bond donors (Lipinski definition) is 2. The Bertz CT molecular complexity index is 1090. The van der Waals surface area contributed by atoms with Gasteiger partial charge in [-0.05, 0) is 48.9 Å². The molecule has 0 radical (unpaired) electrons. The SMILES string of the molecule is CC(C#N)(CCC(=O)OCc1ccc(CO)cc1)N=NC(C)(C#N)CCC(=O)OCc1ccc(CO)cc1. The summed E-state index contributed by atoms with van der Waals surface area (Å²) in [7, 11) is 0. The smallest absolute Gasteiger partial charge is 0.306 e. The van der Waals surface area contributed by atoms with Gasteiger partial charge in [0.15, 0.2) is 11.1 Å². The first-order valence-electron chi connectivity index (χ1n) is 12.1. The van der Waals surface area contributed by atoms with E-state index in [1.165, 1.54) is 13.8 Å². The lowest BCUT2D eigenvalue weighted by molar-refractivity contribution is -0.146. The van der Waals surface area contributed by atoms with E-state index in [1.54, 1.807) is 48.5 Å². The molecule has 38 heavy (non-hydrogen) atoms. The topological polar surface area (TPSA) is 165 Å². The van der Waals surface area contributed by atoms with Crippen molar-refractivity contribution in [2.24, 2.45) is 10.2 Å². The van der Waals surface area contributed by atoms with Crippen LogP contribution in [0, 0.1) is 22.7 Å². The molecule has 0 spiro atoms. The summed E-state index contributed by atoms with van der Waals surface area (Å²) in [6.45, 7) is 2.99. The average Bonchev–Trinajstić information content (AvgIpc) is 2.96. The number of carbonyl (C=O) groups is 2. The normalized spacial score (nSPS) is 14.1. The Morgan fingerprint density at radius 2 is 1.03 bits per heavy atom. The number of ether oxygens (including phenoxy) is 2. The van der Waals surface area contributed by atoms with E-state index in [0.717, 1.165) is 22.3 Å². The highest BCUT2D eigenvalue weighted by Crippen LogP contribution is 2.24. The third-order valence-electron chi connectivity index (χ3n) is 5.82. The summed E-state index contributed by atoms with van der Waals surface area (Å²) in [4.78, 5) is 24.3. The van der Waals surface area contributed by atoms with Gasteiger partial charge in [-0.3, -0.25) is 9.59 Å². The molecule has 0 aromatic heterocycles. The van der Waals surface area contributed by atoms with Gasteiger partial charge in [0, 0.05) is 12.8 Å². The van der Waals surface area contributed by atoms with E-state index in [0.29, 0.717) is 0 Å². The molecule has 0 amide bonds. The van der Waals surface area contributed by atoms with Crippen molar-refractivity contribution < 1.29 is 29.3 Å². The van der Waals surface area contributed by atoms with Gasteiger partial charge >= 0.3 is 11.9 Å². The summed E-state index contributed by atoms with van der Waals surface area (Å²) in [6.07, 6.45) is -0.0822. The maximum Gasteiger partial charge on any atom is 0.306 e. The van der Waals surface area contributed by atoms with E-state index in [-0.39, 0.29) is 52.1 Å². The van der Waals surface area contributed by atoms with E-state index in [4.69, 9.17) is 19.7 Å². The first kappa shape index (κ1) is 30.1. The molecule has 0 fully saturated rings. The molecule has 2 rings (SSSR count). The Morgan fingerprint density at radius 1 is 0.711 bits per heavy atom. The second-order valence-corrected chi connectivity index (χ2v) is 9.24. The van der Waals surface area contributed by atoms with Crippen molar-refractivity contribution >= 4 is 11.9 Å². The van der Waals surface area contributed by atoms with Gasteiger partial charge in [0.2, 0.25) is 0 Å². The van der Waals surface area contributed by atoms with Gasteiger partial charge in [0.25, 0.3) is 0 Å². The number of aliphatic hydroxyl groups is 2. The zero-order valence-electron chi connectivity index (χ0n) is 21.6. The lowest BCUT2D eigenvalue weighted by atomic mass is 9.97. The van der Waals surface area contributed by atoms with Gasteiger partial charge in [-0.1, -0.05) is 48.5 Å². The Hall–Kier alpha value is -4.12. The largest absolute Gasteiger partial charge is 0.461 e. The van der Waals surface area contributed by atoms with Crippen molar-refractivity contribution in [2.45, 2.75) is 77.0 Å². The Morgan fingerprint density at radius 3 is 1.32 bits per heavy atom. The van der Waals surface area contributed by atoms with Crippen LogP contribution >= 0.6 is 0 Å². The third kappa shape index (κ3) is 10.1. The monoisotopic (exact) mass is 520 g/mol. The van der Waals surface area contributed by atoms with Crippen LogP contribution in [0.2, 0.25) is 0 Å². The molecule has 0 bridgehead atoms. The highest BCUT2D eigenvalue weighted by atomic mass is 16.5. The second kappa shape index (κ2) is 14.6. The van der Waals surface area contributed by atoms with E-state index < -0.39 is 23.0 Å². The van der Waals surface area contributed by atoms with Gasteiger partial charge in [0.1, 0.15) is 13.2 Å². The standard InChI is InChI=1S/C28H32N4O6/c1-27(19-29,13-11-25(35)37-17-23-7-3-21(15-33)4-8-23)31-32-28(2,20-30)14-12-26(36)38-18-24-9-5-22(16-34)6-10-24/h3-10,33-34H,11-18H2,1-2H3. The number of hydrogen-bond acceptors (Lipinski definition) is 10. The summed E-state index contributed by atoms with van der Waals surface area (Å²) in [5.74, 6) is -1.02. The Balaban J connectivity index is 1.83. The number of nitrogens with zero attached hydrogens (tertiary/aromatic N) is 4. The molecular formula is C28H32N4O6. The van der Waals surface area contributed by atoms with Crippen LogP contribution in [0.5, 0.6) is 0 Å². The molecule has 2 aromatic carbocycles. The van der Waals surface area contributed by atoms with Gasteiger partial charge in [-0.15, -0.1) is 0 Å². The maximum atomic E-state index is 12.2. The lowest BCUT2D eigenvalue weighted by Crippen LogP contribution is -2.25. The van der Waals surface area contributed by atoms with Crippen LogP contribution in [0.1, 0.15) is 61.8 Å². The number of aliphatic hydroxyl groups excluding tert-OH is 2. The molecular weight excluding hydrogens is 488 g/mol. The molecule has 200 valence electrons. The van der Waals surface area contributed by atoms with Crippen LogP contribution in [-0.4, -0.2) is 33.2 Å². The molecule has 10 heteroatoms. The minimum absolute atomic E-state index is 0.0356. The number of nitriles is 2. The summed E-state index contributed by atoms with van der Waals surface area (Å²) in [5.41, 5.74) is 0.313. The zero-order chi connectivity index (χ0) is 28.0. The third-order valence-corrected chi connectivity index (χ3v) is 5.82. The predicted molar refractivity (Wildman–Crippen MR) is 136 cm³/mol. The summed E-state index contributed by atoms with van der Waals surface area (Å²) < 4.78 is 10.5. The first-order valence-corrected chi connectivity index (χ1v) is 12.1. The lowest BCUT2D eigenvalue weighted by Gasteiger charge is -2.19. The van der Waals surface area contributed by atoms with Gasteiger partial charge < -0.3 is 19.7 Å². The van der Waals surface area contributed by atoms with Gasteiger partial charge in [0.05, 0.1) is 25.4 Å². The van der Waals surface area contributed by atoms with Crippen LogP contribution in [0.15, 0.2) is 58.8 Å². The summed E-state index contributed by atoms with van der Waals surface area (Å²) in [6, 6.07) is 18.0. The summed E-state index contributed by atoms with van der Waals surface area (Å²) >= 11 is 0. The molecule has 0 saturated heterocycles. The number of carbonyl (C=O) groups excluding carboxylic acids is 2. The molecule has 2 N–H and O–H groups in total. The highest BCUT2D eigenvalue weighted by molar-refractivity contribution is 5.70. The van der Waals surface area contributed by atoms with E-state index in [1.807, 2.05) is 12.1 Å². The van der Waals surface area contributed by atoms with Crippen LogP contribution in [-0.2, 0) is 45.5 Å². The van der Waals surface area contributed by atoms with Crippen molar-refractivity contribution in [3.63, 3.8) is 0 Å².